The highest BCUT2D eigenvalue weighted by Gasteiger charge is 2.11. The molecule has 0 unspecified atom stereocenters. The quantitative estimate of drug-likeness (QED) is 0.356. The van der Waals surface area contributed by atoms with E-state index in [1.54, 1.807) is 0 Å². The Labute approximate surface area is 202 Å². The summed E-state index contributed by atoms with van der Waals surface area (Å²) in [6.45, 7) is 13.3. The highest BCUT2D eigenvalue weighted by molar-refractivity contribution is 5.70. The van der Waals surface area contributed by atoms with Crippen LogP contribution in [-0.2, 0) is 0 Å². The van der Waals surface area contributed by atoms with Crippen LogP contribution >= 0.6 is 0 Å². The first-order valence-corrected chi connectivity index (χ1v) is 11.8. The van der Waals surface area contributed by atoms with Crippen molar-refractivity contribution in [3.63, 3.8) is 0 Å². The Balaban J connectivity index is 0.00000101. The molecule has 0 fully saturated rings. The Hall–Kier alpha value is -3.62. The largest absolute Gasteiger partial charge is 0.330 e. The highest BCUT2D eigenvalue weighted by atomic mass is 15.1. The highest BCUT2D eigenvalue weighted by Crippen LogP contribution is 2.30. The van der Waals surface area contributed by atoms with Gasteiger partial charge in [0.1, 0.15) is 0 Å². The lowest BCUT2D eigenvalue weighted by Gasteiger charge is -2.26. The van der Waals surface area contributed by atoms with Crippen LogP contribution in [0.25, 0.3) is 0 Å². The summed E-state index contributed by atoms with van der Waals surface area (Å²) in [6.07, 6.45) is 1.25. The lowest BCUT2D eigenvalue weighted by molar-refractivity contribution is 1.09. The number of para-hydroxylation sites is 2. The Morgan fingerprint density at radius 1 is 0.515 bits per heavy atom. The predicted molar refractivity (Wildman–Crippen MR) is 148 cm³/mol. The maximum Gasteiger partial charge on any atom is 0.0843 e. The molecule has 0 radical (unpaired) electrons. The Morgan fingerprint density at radius 2 is 0.788 bits per heavy atom. The van der Waals surface area contributed by atoms with E-state index in [1.165, 1.54) is 6.42 Å². The van der Waals surface area contributed by atoms with E-state index < -0.39 is 0 Å². The maximum absolute atomic E-state index is 3.18. The minimum absolute atomic E-state index is 0.656. The first-order valence-electron chi connectivity index (χ1n) is 11.8. The van der Waals surface area contributed by atoms with Gasteiger partial charge < -0.3 is 9.80 Å². The third-order valence-corrected chi connectivity index (χ3v) is 4.44. The van der Waals surface area contributed by atoms with E-state index in [-0.39, 0.29) is 0 Å². The molecule has 33 heavy (non-hydrogen) atoms. The minimum Gasteiger partial charge on any atom is -0.330 e. The molecule has 0 N–H and O–H groups in total. The summed E-state index contributed by atoms with van der Waals surface area (Å²) in [7, 11) is 0. The second-order valence-electron chi connectivity index (χ2n) is 6.92. The Morgan fingerprint density at radius 3 is 1.06 bits per heavy atom. The standard InChI is InChI=1S/C26H24N2.C3H8.C2H6/c1-3-5-21-27(23-13-9-7-10-14-23)25-17-19-26(20-18-25)28(22-6-4-2)24-15-11-8-12-16-24;1-3-2;1-2/h7-20H,21-22H2,1-2H3;3H2,1-2H3;1-2H3. The lowest BCUT2D eigenvalue weighted by Crippen LogP contribution is -2.19. The topological polar surface area (TPSA) is 6.48 Å². The molecule has 3 aromatic rings. The smallest absolute Gasteiger partial charge is 0.0843 e. The van der Waals surface area contributed by atoms with Crippen molar-refractivity contribution in [1.29, 1.82) is 0 Å². The average Bonchev–Trinajstić information content (AvgIpc) is 2.88. The number of anilines is 4. The fourth-order valence-electron chi connectivity index (χ4n) is 3.01. The summed E-state index contributed by atoms with van der Waals surface area (Å²) in [4.78, 5) is 4.44. The molecule has 0 bridgehead atoms. The van der Waals surface area contributed by atoms with Gasteiger partial charge in [-0.2, -0.15) is 0 Å². The van der Waals surface area contributed by atoms with Gasteiger partial charge in [-0.1, -0.05) is 82.4 Å². The van der Waals surface area contributed by atoms with Crippen LogP contribution in [0, 0.1) is 23.7 Å². The van der Waals surface area contributed by atoms with Gasteiger partial charge in [0.2, 0.25) is 0 Å². The van der Waals surface area contributed by atoms with Crippen molar-refractivity contribution in [2.24, 2.45) is 0 Å². The number of benzene rings is 3. The molecule has 0 aromatic heterocycles. The molecular formula is C31H38N2. The van der Waals surface area contributed by atoms with Crippen molar-refractivity contribution in [2.75, 3.05) is 22.9 Å². The first-order chi connectivity index (χ1) is 16.2. The summed E-state index contributed by atoms with van der Waals surface area (Å²) in [5, 5.41) is 0. The summed E-state index contributed by atoms with van der Waals surface area (Å²) >= 11 is 0. The molecule has 0 aliphatic heterocycles. The van der Waals surface area contributed by atoms with Gasteiger partial charge in [0.05, 0.1) is 13.1 Å². The third-order valence-electron chi connectivity index (χ3n) is 4.44. The fraction of sp³-hybridized carbons (Fsp3) is 0.290. The van der Waals surface area contributed by atoms with Crippen LogP contribution in [-0.4, -0.2) is 13.1 Å². The van der Waals surface area contributed by atoms with Gasteiger partial charge in [0.25, 0.3) is 0 Å². The van der Waals surface area contributed by atoms with Crippen molar-refractivity contribution in [1.82, 2.24) is 0 Å². The van der Waals surface area contributed by atoms with Crippen LogP contribution in [0.5, 0.6) is 0 Å². The molecule has 2 nitrogen and oxygen atoms in total. The van der Waals surface area contributed by atoms with Crippen molar-refractivity contribution in [3.05, 3.63) is 84.9 Å². The first kappa shape index (κ1) is 27.4. The average molecular weight is 439 g/mol. The second kappa shape index (κ2) is 17.0. The molecule has 3 aromatic carbocycles. The van der Waals surface area contributed by atoms with Crippen molar-refractivity contribution in [2.45, 2.75) is 48.0 Å². The molecule has 2 heteroatoms. The molecular weight excluding hydrogens is 400 g/mol. The van der Waals surface area contributed by atoms with E-state index in [1.807, 2.05) is 39.8 Å². The fourth-order valence-corrected chi connectivity index (χ4v) is 3.01. The van der Waals surface area contributed by atoms with Crippen LogP contribution in [0.1, 0.15) is 48.0 Å². The monoisotopic (exact) mass is 438 g/mol. The van der Waals surface area contributed by atoms with Gasteiger partial charge in [-0.25, -0.2) is 0 Å². The van der Waals surface area contributed by atoms with Crippen molar-refractivity contribution >= 4 is 22.7 Å². The third kappa shape index (κ3) is 9.18. The zero-order valence-electron chi connectivity index (χ0n) is 21.1. The normalized spacial score (nSPS) is 8.79. The Kier molecular flexibility index (Phi) is 14.1. The summed E-state index contributed by atoms with van der Waals surface area (Å²) in [5.41, 5.74) is 4.50. The minimum atomic E-state index is 0.656. The number of hydrogen-bond acceptors (Lipinski definition) is 2. The molecule has 172 valence electrons. The van der Waals surface area contributed by atoms with Gasteiger partial charge in [-0.05, 0) is 62.4 Å². The summed E-state index contributed by atoms with van der Waals surface area (Å²) in [5.74, 6) is 12.4. The Bertz CT molecular complexity index is 917. The summed E-state index contributed by atoms with van der Waals surface area (Å²) in [6, 6.07) is 29.3. The lowest BCUT2D eigenvalue weighted by atomic mass is 10.2. The molecule has 0 saturated heterocycles. The van der Waals surface area contributed by atoms with Gasteiger partial charge in [0, 0.05) is 22.7 Å². The van der Waals surface area contributed by atoms with Crippen molar-refractivity contribution < 1.29 is 0 Å². The molecule has 0 aliphatic rings. The zero-order chi connectivity index (χ0) is 24.3. The van der Waals surface area contributed by atoms with Crippen LogP contribution in [0.15, 0.2) is 84.9 Å². The molecule has 0 aliphatic carbocycles. The van der Waals surface area contributed by atoms with E-state index in [2.05, 4.69) is 120 Å². The van der Waals surface area contributed by atoms with Crippen LogP contribution in [0.2, 0.25) is 0 Å². The zero-order valence-corrected chi connectivity index (χ0v) is 21.1. The molecule has 0 saturated carbocycles. The van der Waals surface area contributed by atoms with Crippen LogP contribution in [0.4, 0.5) is 22.7 Å². The molecule has 0 amide bonds. The predicted octanol–water partition coefficient (Wildman–Crippen LogP) is 8.45. The van der Waals surface area contributed by atoms with E-state index in [9.17, 15) is 0 Å². The molecule has 0 spiro atoms. The SMILES string of the molecule is CC.CC#CCN(c1ccccc1)c1ccc(N(CC#CC)c2ccccc2)cc1.CCC. The second-order valence-corrected chi connectivity index (χ2v) is 6.92. The van der Waals surface area contributed by atoms with E-state index in [4.69, 9.17) is 0 Å². The van der Waals surface area contributed by atoms with Crippen LogP contribution < -0.4 is 9.80 Å². The van der Waals surface area contributed by atoms with E-state index >= 15 is 0 Å². The molecule has 0 atom stereocenters. The van der Waals surface area contributed by atoms with E-state index in [0.29, 0.717) is 13.1 Å². The molecule has 3 rings (SSSR count). The molecule has 0 heterocycles. The van der Waals surface area contributed by atoms with Crippen molar-refractivity contribution in [3.8, 4) is 23.7 Å². The van der Waals surface area contributed by atoms with Crippen LogP contribution in [0.3, 0.4) is 0 Å². The van der Waals surface area contributed by atoms with Gasteiger partial charge in [-0.3, -0.25) is 0 Å². The number of nitrogens with zero attached hydrogens (tertiary/aromatic N) is 2. The van der Waals surface area contributed by atoms with Gasteiger partial charge in [0.15, 0.2) is 0 Å². The van der Waals surface area contributed by atoms with E-state index in [0.717, 1.165) is 22.7 Å². The maximum atomic E-state index is 3.18. The van der Waals surface area contributed by atoms with Gasteiger partial charge >= 0.3 is 0 Å². The number of hydrogen-bond donors (Lipinski definition) is 0. The number of rotatable bonds is 6. The summed E-state index contributed by atoms with van der Waals surface area (Å²) < 4.78 is 0. The van der Waals surface area contributed by atoms with Gasteiger partial charge in [-0.15, -0.1) is 11.8 Å².